The fourth-order valence-corrected chi connectivity index (χ4v) is 2.27. The summed E-state index contributed by atoms with van der Waals surface area (Å²) in [5, 5.41) is 2.88. The summed E-state index contributed by atoms with van der Waals surface area (Å²) in [7, 11) is 0. The molecular formula is C18H14N2O4. The van der Waals surface area contributed by atoms with Crippen molar-refractivity contribution in [1.29, 1.82) is 0 Å². The monoisotopic (exact) mass is 322 g/mol. The van der Waals surface area contributed by atoms with Gasteiger partial charge in [0.2, 0.25) is 0 Å². The van der Waals surface area contributed by atoms with E-state index in [0.29, 0.717) is 16.5 Å². The Hall–Kier alpha value is -3.41. The lowest BCUT2D eigenvalue weighted by atomic mass is 10.2. The van der Waals surface area contributed by atoms with Crippen molar-refractivity contribution in [2.75, 3.05) is 6.61 Å². The van der Waals surface area contributed by atoms with E-state index in [2.05, 4.69) is 10.3 Å². The maximum atomic E-state index is 12.1. The number of esters is 1. The fraction of sp³-hybridized carbons (Fsp3) is 0.0556. The van der Waals surface area contributed by atoms with E-state index in [9.17, 15) is 14.4 Å². The van der Waals surface area contributed by atoms with E-state index in [4.69, 9.17) is 4.74 Å². The topological polar surface area (TPSA) is 88.3 Å². The van der Waals surface area contributed by atoms with Crippen LogP contribution in [0.4, 0.5) is 0 Å². The molecule has 120 valence electrons. The number of rotatable bonds is 4. The van der Waals surface area contributed by atoms with Crippen LogP contribution in [0.5, 0.6) is 0 Å². The Bertz CT molecular complexity index is 900. The Morgan fingerprint density at radius 1 is 0.958 bits per heavy atom. The van der Waals surface area contributed by atoms with Crippen LogP contribution < -0.4 is 5.32 Å². The largest absolute Gasteiger partial charge is 0.452 e. The molecule has 6 nitrogen and oxygen atoms in total. The third-order valence-electron chi connectivity index (χ3n) is 3.43. The first-order valence-electron chi connectivity index (χ1n) is 7.27. The molecule has 0 saturated heterocycles. The molecule has 3 aromatic rings. The standard InChI is InChI=1S/C18H14N2O4/c21-16(20-17(22)12-6-2-1-3-7-12)11-24-18(23)14-10-19-15-9-5-4-8-13(14)15/h1-10,19H,11H2,(H,20,21,22). The molecule has 3 rings (SSSR count). The SMILES string of the molecule is O=C(COC(=O)c1c[nH]c2ccccc12)NC(=O)c1ccccc1. The molecular weight excluding hydrogens is 308 g/mol. The van der Waals surface area contributed by atoms with E-state index in [1.54, 1.807) is 42.5 Å². The van der Waals surface area contributed by atoms with E-state index in [0.717, 1.165) is 5.52 Å². The van der Waals surface area contributed by atoms with Crippen LogP contribution in [-0.4, -0.2) is 29.4 Å². The molecule has 1 aromatic heterocycles. The lowest BCUT2D eigenvalue weighted by Gasteiger charge is -2.05. The van der Waals surface area contributed by atoms with Crippen LogP contribution in [0.3, 0.4) is 0 Å². The number of para-hydroxylation sites is 1. The first-order valence-corrected chi connectivity index (χ1v) is 7.27. The molecule has 0 saturated carbocycles. The molecule has 0 radical (unpaired) electrons. The van der Waals surface area contributed by atoms with Crippen molar-refractivity contribution in [2.24, 2.45) is 0 Å². The number of aromatic nitrogens is 1. The van der Waals surface area contributed by atoms with Gasteiger partial charge < -0.3 is 9.72 Å². The molecule has 2 aromatic carbocycles. The van der Waals surface area contributed by atoms with Gasteiger partial charge in [-0.1, -0.05) is 36.4 Å². The quantitative estimate of drug-likeness (QED) is 0.721. The fourth-order valence-electron chi connectivity index (χ4n) is 2.27. The molecule has 0 aliphatic heterocycles. The summed E-state index contributed by atoms with van der Waals surface area (Å²) in [6, 6.07) is 15.6. The van der Waals surface area contributed by atoms with Gasteiger partial charge in [-0.15, -0.1) is 0 Å². The van der Waals surface area contributed by atoms with Gasteiger partial charge in [-0.25, -0.2) is 4.79 Å². The average molecular weight is 322 g/mol. The van der Waals surface area contributed by atoms with Crippen molar-refractivity contribution >= 4 is 28.7 Å². The van der Waals surface area contributed by atoms with Crippen molar-refractivity contribution in [3.8, 4) is 0 Å². The Labute approximate surface area is 137 Å². The lowest BCUT2D eigenvalue weighted by molar-refractivity contribution is -0.123. The summed E-state index contributed by atoms with van der Waals surface area (Å²) in [6.45, 7) is -0.531. The molecule has 24 heavy (non-hydrogen) atoms. The predicted molar refractivity (Wildman–Crippen MR) is 87.5 cm³/mol. The van der Waals surface area contributed by atoms with E-state index in [1.807, 2.05) is 12.1 Å². The third kappa shape index (κ3) is 3.33. The Balaban J connectivity index is 1.58. The van der Waals surface area contributed by atoms with Crippen molar-refractivity contribution in [3.63, 3.8) is 0 Å². The highest BCUT2D eigenvalue weighted by atomic mass is 16.5. The smallest absolute Gasteiger partial charge is 0.340 e. The third-order valence-corrected chi connectivity index (χ3v) is 3.43. The average Bonchev–Trinajstić information content (AvgIpc) is 3.04. The maximum absolute atomic E-state index is 12.1. The molecule has 0 bridgehead atoms. The van der Waals surface area contributed by atoms with Crippen LogP contribution in [-0.2, 0) is 9.53 Å². The zero-order valence-electron chi connectivity index (χ0n) is 12.6. The van der Waals surface area contributed by atoms with E-state index >= 15 is 0 Å². The van der Waals surface area contributed by atoms with E-state index < -0.39 is 24.4 Å². The summed E-state index contributed by atoms with van der Waals surface area (Å²) in [5.41, 5.74) is 1.50. The Kier molecular flexibility index (Phi) is 4.38. The van der Waals surface area contributed by atoms with Crippen molar-refractivity contribution < 1.29 is 19.1 Å². The molecule has 2 N–H and O–H groups in total. The number of hydrogen-bond acceptors (Lipinski definition) is 4. The summed E-state index contributed by atoms with van der Waals surface area (Å²) in [5.74, 6) is -1.85. The molecule has 0 spiro atoms. The van der Waals surface area contributed by atoms with Gasteiger partial charge in [0, 0.05) is 22.7 Å². The molecule has 0 aliphatic carbocycles. The molecule has 1 heterocycles. The van der Waals surface area contributed by atoms with Crippen molar-refractivity contribution in [3.05, 3.63) is 71.9 Å². The predicted octanol–water partition coefficient (Wildman–Crippen LogP) is 2.28. The summed E-state index contributed by atoms with van der Waals surface area (Å²) in [4.78, 5) is 38.6. The van der Waals surface area contributed by atoms with Gasteiger partial charge in [-0.3, -0.25) is 14.9 Å². The van der Waals surface area contributed by atoms with Gasteiger partial charge in [0.05, 0.1) is 5.56 Å². The number of H-pyrrole nitrogens is 1. The minimum atomic E-state index is -0.683. The number of imide groups is 1. The number of hydrogen-bond donors (Lipinski definition) is 2. The molecule has 0 fully saturated rings. The van der Waals surface area contributed by atoms with Gasteiger partial charge in [-0.2, -0.15) is 0 Å². The summed E-state index contributed by atoms with van der Waals surface area (Å²) >= 11 is 0. The van der Waals surface area contributed by atoms with Gasteiger partial charge in [0.15, 0.2) is 6.61 Å². The normalized spacial score (nSPS) is 10.3. The van der Waals surface area contributed by atoms with Crippen LogP contribution in [0, 0.1) is 0 Å². The molecule has 0 unspecified atom stereocenters. The molecule has 6 heteroatoms. The zero-order valence-corrected chi connectivity index (χ0v) is 12.6. The second-order valence-electron chi connectivity index (χ2n) is 5.07. The first kappa shape index (κ1) is 15.5. The molecule has 0 atom stereocenters. The number of aromatic amines is 1. The highest BCUT2D eigenvalue weighted by molar-refractivity contribution is 6.07. The second kappa shape index (κ2) is 6.78. The van der Waals surface area contributed by atoms with Crippen LogP contribution in [0.15, 0.2) is 60.8 Å². The number of carbonyl (C=O) groups is 3. The molecule has 2 amide bonds. The van der Waals surface area contributed by atoms with Gasteiger partial charge >= 0.3 is 5.97 Å². The number of nitrogens with one attached hydrogen (secondary N) is 2. The van der Waals surface area contributed by atoms with Crippen LogP contribution >= 0.6 is 0 Å². The van der Waals surface area contributed by atoms with Crippen molar-refractivity contribution in [1.82, 2.24) is 10.3 Å². The minimum absolute atomic E-state index is 0.341. The van der Waals surface area contributed by atoms with Gasteiger partial charge in [-0.05, 0) is 18.2 Å². The van der Waals surface area contributed by atoms with Crippen LogP contribution in [0.2, 0.25) is 0 Å². The molecule has 0 aliphatic rings. The number of ether oxygens (including phenoxy) is 1. The minimum Gasteiger partial charge on any atom is -0.452 e. The van der Waals surface area contributed by atoms with E-state index in [1.165, 1.54) is 6.20 Å². The highest BCUT2D eigenvalue weighted by Crippen LogP contribution is 2.18. The highest BCUT2D eigenvalue weighted by Gasteiger charge is 2.16. The van der Waals surface area contributed by atoms with E-state index in [-0.39, 0.29) is 0 Å². The number of amides is 2. The number of benzene rings is 2. The van der Waals surface area contributed by atoms with Gasteiger partial charge in [0.1, 0.15) is 0 Å². The second-order valence-corrected chi connectivity index (χ2v) is 5.07. The Morgan fingerprint density at radius 3 is 2.46 bits per heavy atom. The summed E-state index contributed by atoms with van der Waals surface area (Å²) in [6.07, 6.45) is 1.53. The first-order chi connectivity index (χ1) is 11.6. The maximum Gasteiger partial charge on any atom is 0.340 e. The summed E-state index contributed by atoms with van der Waals surface area (Å²) < 4.78 is 4.97. The van der Waals surface area contributed by atoms with Crippen LogP contribution in [0.1, 0.15) is 20.7 Å². The number of fused-ring (bicyclic) bond motifs is 1. The zero-order chi connectivity index (χ0) is 16.9. The number of carbonyl (C=O) groups excluding carboxylic acids is 3. The van der Waals surface area contributed by atoms with Crippen LogP contribution in [0.25, 0.3) is 10.9 Å². The Morgan fingerprint density at radius 2 is 1.67 bits per heavy atom. The van der Waals surface area contributed by atoms with Gasteiger partial charge in [0.25, 0.3) is 11.8 Å². The lowest BCUT2D eigenvalue weighted by Crippen LogP contribution is -2.34. The van der Waals surface area contributed by atoms with Crippen molar-refractivity contribution in [2.45, 2.75) is 0 Å².